The first-order valence-electron chi connectivity index (χ1n) is 11.9. The van der Waals surface area contributed by atoms with Crippen LogP contribution >= 0.6 is 0 Å². The molecule has 0 aromatic carbocycles. The molecule has 0 bridgehead atoms. The summed E-state index contributed by atoms with van der Waals surface area (Å²) in [6.45, 7) is 10.9. The number of allylic oxidation sites excluding steroid dienone is 2. The van der Waals surface area contributed by atoms with Gasteiger partial charge in [0, 0.05) is 12.8 Å². The smallest absolute Gasteiger partial charge is 0.303 e. The van der Waals surface area contributed by atoms with E-state index in [-0.39, 0.29) is 36.8 Å². The molecule has 3 aliphatic rings. The van der Waals surface area contributed by atoms with Crippen LogP contribution in [0.15, 0.2) is 58.7 Å². The number of carbonyl (C=O) groups is 1. The predicted octanol–water partition coefficient (Wildman–Crippen LogP) is 4.79. The number of hydrogen-bond donors (Lipinski definition) is 2. The van der Waals surface area contributed by atoms with Crippen molar-refractivity contribution in [2.75, 3.05) is 6.61 Å². The van der Waals surface area contributed by atoms with Gasteiger partial charge in [0.2, 0.25) is 5.79 Å². The second-order valence-corrected chi connectivity index (χ2v) is 10.2. The Labute approximate surface area is 202 Å². The average molecular weight is 475 g/mol. The lowest BCUT2D eigenvalue weighted by molar-refractivity contribution is -0.297. The zero-order chi connectivity index (χ0) is 25.1. The van der Waals surface area contributed by atoms with Gasteiger partial charge in [-0.1, -0.05) is 35.5 Å². The van der Waals surface area contributed by atoms with E-state index >= 15 is 0 Å². The number of ether oxygens (including phenoxy) is 3. The van der Waals surface area contributed by atoms with E-state index in [4.69, 9.17) is 19.5 Å². The second kappa shape index (κ2) is 10.7. The quantitative estimate of drug-likeness (QED) is 0.237. The summed E-state index contributed by atoms with van der Waals surface area (Å²) in [7, 11) is 0. The number of esters is 1. The predicted molar refractivity (Wildman–Crippen MR) is 129 cm³/mol. The van der Waals surface area contributed by atoms with Gasteiger partial charge in [-0.05, 0) is 77.2 Å². The molecule has 7 heteroatoms. The normalized spacial score (nSPS) is 32.2. The van der Waals surface area contributed by atoms with E-state index in [9.17, 15) is 9.90 Å². The van der Waals surface area contributed by atoms with Crippen molar-refractivity contribution in [2.45, 2.75) is 90.5 Å². The zero-order valence-electron chi connectivity index (χ0n) is 21.0. The molecule has 0 unspecified atom stereocenters. The van der Waals surface area contributed by atoms with Gasteiger partial charge in [0.1, 0.15) is 11.7 Å². The van der Waals surface area contributed by atoms with Crippen LogP contribution in [0.4, 0.5) is 0 Å². The van der Waals surface area contributed by atoms with Crippen LogP contribution in [0.5, 0.6) is 0 Å². The first-order chi connectivity index (χ1) is 16.0. The van der Waals surface area contributed by atoms with Crippen molar-refractivity contribution in [3.05, 3.63) is 58.7 Å². The Morgan fingerprint density at radius 1 is 1.26 bits per heavy atom. The molecule has 34 heavy (non-hydrogen) atoms. The Balaban J connectivity index is 1.80. The molecule has 0 fully saturated rings. The third kappa shape index (κ3) is 6.55. The summed E-state index contributed by atoms with van der Waals surface area (Å²) in [5.74, 6) is -1.46. The fourth-order valence-corrected chi connectivity index (χ4v) is 4.84. The van der Waals surface area contributed by atoms with E-state index in [0.29, 0.717) is 12.8 Å². The molecule has 5 atom stereocenters. The Morgan fingerprint density at radius 2 is 2.00 bits per heavy atom. The monoisotopic (exact) mass is 474 g/mol. The number of fused-ring (bicyclic) bond motifs is 1. The van der Waals surface area contributed by atoms with Crippen molar-refractivity contribution in [3.8, 4) is 0 Å². The van der Waals surface area contributed by atoms with Crippen LogP contribution in [0, 0.1) is 5.92 Å². The Morgan fingerprint density at radius 3 is 2.65 bits per heavy atom. The summed E-state index contributed by atoms with van der Waals surface area (Å²) in [5.41, 5.74) is 3.31. The summed E-state index contributed by atoms with van der Waals surface area (Å²) >= 11 is 0. The first-order valence-corrected chi connectivity index (χ1v) is 11.9. The molecule has 2 heterocycles. The number of aliphatic hydroxyl groups excluding tert-OH is 1. The standard InChI is InChI=1S/C27H38O7/c1-17(8-7-9-26(5,6)34-30)10-22-11-18(2)14-27(32-22)15-21(16-28)23-13-24(31-20(4)29)19(3)12-25(23)33-27/h7,9-10,12,14-15,22-25,28,30H,8,11,13,16H2,1-6H3/b9-7+,17-10+/t22-,23-,24-,25-,27+/m1/s1. The van der Waals surface area contributed by atoms with Gasteiger partial charge in [0.25, 0.3) is 0 Å². The van der Waals surface area contributed by atoms with Crippen LogP contribution in [0.2, 0.25) is 0 Å². The van der Waals surface area contributed by atoms with Crippen molar-refractivity contribution >= 4 is 5.97 Å². The lowest BCUT2D eigenvalue weighted by Crippen LogP contribution is -2.49. The Kier molecular flexibility index (Phi) is 8.37. The van der Waals surface area contributed by atoms with Crippen molar-refractivity contribution < 1.29 is 34.3 Å². The van der Waals surface area contributed by atoms with E-state index in [1.165, 1.54) is 6.92 Å². The third-order valence-corrected chi connectivity index (χ3v) is 6.44. The molecular formula is C27H38O7. The van der Waals surface area contributed by atoms with Crippen LogP contribution in [0.1, 0.15) is 60.8 Å². The van der Waals surface area contributed by atoms with Crippen LogP contribution in [-0.4, -0.2) is 52.6 Å². The van der Waals surface area contributed by atoms with Gasteiger partial charge < -0.3 is 19.3 Å². The largest absolute Gasteiger partial charge is 0.458 e. The molecule has 2 aliphatic heterocycles. The van der Waals surface area contributed by atoms with E-state index in [1.807, 2.05) is 44.2 Å². The summed E-state index contributed by atoms with van der Waals surface area (Å²) in [5, 5.41) is 19.1. The lowest BCUT2D eigenvalue weighted by Gasteiger charge is -2.46. The number of carbonyl (C=O) groups excluding carboxylic acids is 1. The summed E-state index contributed by atoms with van der Waals surface area (Å²) < 4.78 is 18.4. The van der Waals surface area contributed by atoms with Gasteiger partial charge in [-0.15, -0.1) is 0 Å². The average Bonchev–Trinajstić information content (AvgIpc) is 2.73. The minimum Gasteiger partial charge on any atom is -0.458 e. The maximum atomic E-state index is 11.5. The van der Waals surface area contributed by atoms with Gasteiger partial charge in [0.05, 0.1) is 18.8 Å². The highest BCUT2D eigenvalue weighted by Crippen LogP contribution is 2.43. The molecule has 0 amide bonds. The first kappa shape index (κ1) is 26.6. The molecule has 1 aliphatic carbocycles. The summed E-state index contributed by atoms with van der Waals surface area (Å²) in [6.07, 6.45) is 13.0. The van der Waals surface area contributed by atoms with Gasteiger partial charge in [0.15, 0.2) is 0 Å². The molecule has 188 valence electrons. The molecule has 0 aromatic heterocycles. The summed E-state index contributed by atoms with van der Waals surface area (Å²) in [6, 6.07) is 0. The van der Waals surface area contributed by atoms with Crippen LogP contribution in [0.3, 0.4) is 0 Å². The van der Waals surface area contributed by atoms with Crippen LogP contribution in [-0.2, 0) is 23.9 Å². The number of aliphatic hydroxyl groups is 1. The fourth-order valence-electron chi connectivity index (χ4n) is 4.84. The molecule has 1 spiro atoms. The highest BCUT2D eigenvalue weighted by Gasteiger charge is 2.46. The van der Waals surface area contributed by atoms with Gasteiger partial charge in [-0.2, -0.15) is 0 Å². The third-order valence-electron chi connectivity index (χ3n) is 6.44. The van der Waals surface area contributed by atoms with Gasteiger partial charge >= 0.3 is 5.97 Å². The second-order valence-electron chi connectivity index (χ2n) is 10.2. The molecule has 0 saturated carbocycles. The van der Waals surface area contributed by atoms with E-state index in [0.717, 1.165) is 28.7 Å². The minimum absolute atomic E-state index is 0.0825. The molecule has 0 radical (unpaired) electrons. The lowest BCUT2D eigenvalue weighted by atomic mass is 9.78. The molecule has 7 nitrogen and oxygen atoms in total. The van der Waals surface area contributed by atoms with E-state index in [2.05, 4.69) is 17.9 Å². The molecule has 0 saturated heterocycles. The maximum absolute atomic E-state index is 11.5. The Hall–Kier alpha value is -2.03. The van der Waals surface area contributed by atoms with E-state index < -0.39 is 11.4 Å². The van der Waals surface area contributed by atoms with Crippen LogP contribution < -0.4 is 0 Å². The molecule has 0 aromatic rings. The minimum atomic E-state index is -1.06. The zero-order valence-corrected chi connectivity index (χ0v) is 21.0. The number of hydrogen-bond acceptors (Lipinski definition) is 7. The highest BCUT2D eigenvalue weighted by atomic mass is 17.1. The molecular weight excluding hydrogens is 436 g/mol. The van der Waals surface area contributed by atoms with Gasteiger partial charge in [-0.25, -0.2) is 4.89 Å². The van der Waals surface area contributed by atoms with Crippen LogP contribution in [0.25, 0.3) is 0 Å². The van der Waals surface area contributed by atoms with Crippen molar-refractivity contribution in [2.24, 2.45) is 5.92 Å². The van der Waals surface area contributed by atoms with Crippen molar-refractivity contribution in [1.29, 1.82) is 0 Å². The highest BCUT2D eigenvalue weighted by molar-refractivity contribution is 5.66. The SMILES string of the molecule is CC(=O)O[C@@H]1C[C@@H]2C(CO)=C[C@]3(C=C(C)C[C@@H](/C=C(\C)C/C=C/C(C)(C)OO)O3)O[C@@H]2C=C1C. The molecule has 3 rings (SSSR count). The van der Waals surface area contributed by atoms with Crippen molar-refractivity contribution in [3.63, 3.8) is 0 Å². The van der Waals surface area contributed by atoms with Crippen molar-refractivity contribution in [1.82, 2.24) is 0 Å². The molecule has 2 N–H and O–H groups in total. The topological polar surface area (TPSA) is 94.5 Å². The summed E-state index contributed by atoms with van der Waals surface area (Å²) in [4.78, 5) is 15.9. The van der Waals surface area contributed by atoms with E-state index in [1.54, 1.807) is 13.8 Å². The van der Waals surface area contributed by atoms with Gasteiger partial charge in [-0.3, -0.25) is 10.1 Å². The fraction of sp³-hybridized carbons (Fsp3) is 0.593. The maximum Gasteiger partial charge on any atom is 0.303 e. The number of rotatable bonds is 7. The Bertz CT molecular complexity index is 923.